The number of hydrogen-bond donors (Lipinski definition) is 3. The van der Waals surface area contributed by atoms with E-state index in [1.54, 1.807) is 6.07 Å². The van der Waals surface area contributed by atoms with Crippen molar-refractivity contribution in [3.8, 4) is 0 Å². The van der Waals surface area contributed by atoms with Gasteiger partial charge in [-0.25, -0.2) is 14.6 Å². The first kappa shape index (κ1) is 27.6. The van der Waals surface area contributed by atoms with Gasteiger partial charge in [0.05, 0.1) is 38.3 Å². The van der Waals surface area contributed by atoms with E-state index in [-0.39, 0.29) is 11.1 Å². The molecule has 0 atom stereocenters. The van der Waals surface area contributed by atoms with Crippen molar-refractivity contribution in [1.82, 2.24) is 0 Å². The number of rotatable bonds is 7. The third-order valence-corrected chi connectivity index (χ3v) is 6.98. The van der Waals surface area contributed by atoms with E-state index in [9.17, 15) is 19.8 Å². The van der Waals surface area contributed by atoms with Gasteiger partial charge >= 0.3 is 11.9 Å². The molecule has 5 rings (SSSR count). The average molecular weight is 581 g/mol. The number of carboxylic acid groups (broad SMARTS) is 2. The lowest BCUT2D eigenvalue weighted by Crippen LogP contribution is -2.00. The molecule has 6 nitrogen and oxygen atoms in total. The van der Waals surface area contributed by atoms with Gasteiger partial charge in [-0.2, -0.15) is 0 Å². The fraction of sp³-hybridized carbons (Fsp3) is 0. The molecular formula is C33H22Cl2N2O4. The van der Waals surface area contributed by atoms with Gasteiger partial charge in [0.15, 0.2) is 0 Å². The first-order valence-electron chi connectivity index (χ1n) is 12.5. The second kappa shape index (κ2) is 12.1. The molecule has 1 aliphatic rings. The number of hydrogen-bond acceptors (Lipinski definition) is 4. The number of carbonyl (C=O) groups is 2. The molecule has 4 aromatic carbocycles. The Labute approximate surface area is 246 Å². The minimum atomic E-state index is -1.05. The lowest BCUT2D eigenvalue weighted by molar-refractivity contribution is 0.0686. The summed E-state index contributed by atoms with van der Waals surface area (Å²) in [6.45, 7) is 0. The maximum Gasteiger partial charge on any atom is 0.335 e. The summed E-state index contributed by atoms with van der Waals surface area (Å²) < 4.78 is 0. The minimum absolute atomic E-state index is 0.110. The summed E-state index contributed by atoms with van der Waals surface area (Å²) in [6.07, 6.45) is 7.63. The number of benzene rings is 4. The maximum atomic E-state index is 11.4. The molecule has 0 radical (unpaired) electrons. The summed E-state index contributed by atoms with van der Waals surface area (Å²) in [4.78, 5) is 27.3. The van der Waals surface area contributed by atoms with Crippen LogP contribution < -0.4 is 5.32 Å². The topological polar surface area (TPSA) is 99.0 Å². The molecule has 0 unspecified atom stereocenters. The van der Waals surface area contributed by atoms with E-state index in [4.69, 9.17) is 23.2 Å². The SMILES string of the molecule is O=C(O)c1ccc(Cl)c(N=C2C=CC(=C(c3ccccc3)c3ccc(Nc4cc(C(=O)O)ccc4Cl)cc3)C=C2)c1. The van der Waals surface area contributed by atoms with Crippen LogP contribution in [0.3, 0.4) is 0 Å². The summed E-state index contributed by atoms with van der Waals surface area (Å²) in [5.74, 6) is -2.08. The summed E-state index contributed by atoms with van der Waals surface area (Å²) in [5.41, 5.74) is 6.45. The van der Waals surface area contributed by atoms with Crippen molar-refractivity contribution in [2.45, 2.75) is 0 Å². The van der Waals surface area contributed by atoms with Gasteiger partial charge in [0, 0.05) is 5.69 Å². The Balaban J connectivity index is 1.47. The van der Waals surface area contributed by atoms with Gasteiger partial charge in [-0.3, -0.25) is 0 Å². The van der Waals surface area contributed by atoms with Gasteiger partial charge in [0.25, 0.3) is 0 Å². The van der Waals surface area contributed by atoms with E-state index in [0.29, 0.717) is 27.1 Å². The first-order valence-corrected chi connectivity index (χ1v) is 13.2. The van der Waals surface area contributed by atoms with E-state index >= 15 is 0 Å². The molecule has 0 bridgehead atoms. The normalized spacial score (nSPS) is 12.2. The van der Waals surface area contributed by atoms with Crippen molar-refractivity contribution < 1.29 is 19.8 Å². The second-order valence-electron chi connectivity index (χ2n) is 9.07. The van der Waals surface area contributed by atoms with Crippen LogP contribution in [0.1, 0.15) is 31.8 Å². The van der Waals surface area contributed by atoms with Crippen molar-refractivity contribution in [3.63, 3.8) is 0 Å². The smallest absolute Gasteiger partial charge is 0.335 e. The summed E-state index contributed by atoms with van der Waals surface area (Å²) in [7, 11) is 0. The van der Waals surface area contributed by atoms with Crippen LogP contribution in [0.2, 0.25) is 10.0 Å². The summed E-state index contributed by atoms with van der Waals surface area (Å²) >= 11 is 12.5. The predicted molar refractivity (Wildman–Crippen MR) is 164 cm³/mol. The van der Waals surface area contributed by atoms with E-state index in [0.717, 1.165) is 28.0 Å². The highest BCUT2D eigenvalue weighted by atomic mass is 35.5. The molecule has 0 heterocycles. The molecule has 0 aliphatic heterocycles. The highest BCUT2D eigenvalue weighted by molar-refractivity contribution is 6.34. The van der Waals surface area contributed by atoms with E-state index in [1.165, 1.54) is 30.3 Å². The Kier molecular flexibility index (Phi) is 8.15. The Morgan fingerprint density at radius 3 is 1.83 bits per heavy atom. The highest BCUT2D eigenvalue weighted by Crippen LogP contribution is 2.33. The van der Waals surface area contributed by atoms with Crippen LogP contribution in [0.25, 0.3) is 5.57 Å². The number of anilines is 2. The van der Waals surface area contributed by atoms with Crippen molar-refractivity contribution >= 4 is 63.5 Å². The van der Waals surface area contributed by atoms with E-state index in [1.807, 2.05) is 78.9 Å². The Bertz CT molecular complexity index is 1760. The number of allylic oxidation sites excluding steroid dienone is 5. The molecule has 4 aromatic rings. The van der Waals surface area contributed by atoms with Crippen LogP contribution in [0.15, 0.2) is 126 Å². The van der Waals surface area contributed by atoms with Crippen molar-refractivity contribution in [3.05, 3.63) is 153 Å². The average Bonchev–Trinajstić information content (AvgIpc) is 2.97. The van der Waals surface area contributed by atoms with Gasteiger partial charge in [-0.1, -0.05) is 77.8 Å². The molecule has 0 aromatic heterocycles. The van der Waals surface area contributed by atoms with Crippen LogP contribution in [0, 0.1) is 0 Å². The third kappa shape index (κ3) is 6.47. The molecule has 0 amide bonds. The predicted octanol–water partition coefficient (Wildman–Crippen LogP) is 8.83. The number of aliphatic imine (C=N–C) groups is 1. The zero-order valence-electron chi connectivity index (χ0n) is 21.4. The molecule has 0 spiro atoms. The van der Waals surface area contributed by atoms with Crippen LogP contribution in [-0.2, 0) is 0 Å². The molecule has 41 heavy (non-hydrogen) atoms. The van der Waals surface area contributed by atoms with Crippen molar-refractivity contribution in [1.29, 1.82) is 0 Å². The molecule has 1 aliphatic carbocycles. The zero-order chi connectivity index (χ0) is 28.9. The van der Waals surface area contributed by atoms with E-state index < -0.39 is 11.9 Å². The molecule has 8 heteroatoms. The van der Waals surface area contributed by atoms with Crippen molar-refractivity contribution in [2.75, 3.05) is 5.32 Å². The third-order valence-electron chi connectivity index (χ3n) is 6.33. The number of carboxylic acids is 2. The fourth-order valence-corrected chi connectivity index (χ4v) is 4.63. The largest absolute Gasteiger partial charge is 0.478 e. The number of nitrogens with one attached hydrogen (secondary N) is 1. The summed E-state index contributed by atoms with van der Waals surface area (Å²) in [5, 5.41) is 22.6. The van der Waals surface area contributed by atoms with E-state index in [2.05, 4.69) is 10.3 Å². The molecule has 0 saturated heterocycles. The Morgan fingerprint density at radius 1 is 0.634 bits per heavy atom. The Morgan fingerprint density at radius 2 is 1.20 bits per heavy atom. The molecule has 0 fully saturated rings. The zero-order valence-corrected chi connectivity index (χ0v) is 22.9. The maximum absolute atomic E-state index is 11.4. The standard InChI is InChI=1S/C33H22Cl2N2O4/c34-27-16-10-23(32(38)39)18-29(27)36-25-12-6-21(7-13-25)31(20-4-2-1-3-5-20)22-8-14-26(15-9-22)37-30-19-24(33(40)41)11-17-28(30)35/h1-19,36H,(H,38,39)(H,40,41). The second-order valence-corrected chi connectivity index (χ2v) is 9.89. The van der Waals surface area contributed by atoms with Crippen LogP contribution in [-0.4, -0.2) is 27.9 Å². The fourth-order valence-electron chi connectivity index (χ4n) is 4.31. The van der Waals surface area contributed by atoms with Gasteiger partial charge in [0.2, 0.25) is 0 Å². The monoisotopic (exact) mass is 580 g/mol. The highest BCUT2D eigenvalue weighted by Gasteiger charge is 2.13. The molecule has 0 saturated carbocycles. The van der Waals surface area contributed by atoms with Crippen LogP contribution in [0.5, 0.6) is 0 Å². The minimum Gasteiger partial charge on any atom is -0.478 e. The lowest BCUT2D eigenvalue weighted by atomic mass is 9.91. The van der Waals surface area contributed by atoms with Gasteiger partial charge in [0.1, 0.15) is 0 Å². The lowest BCUT2D eigenvalue weighted by Gasteiger charge is -2.15. The van der Waals surface area contributed by atoms with Gasteiger partial charge in [-0.15, -0.1) is 0 Å². The van der Waals surface area contributed by atoms with Crippen LogP contribution >= 0.6 is 23.2 Å². The number of nitrogens with zero attached hydrogens (tertiary/aromatic N) is 1. The molecule has 202 valence electrons. The summed E-state index contributed by atoms with van der Waals surface area (Å²) in [6, 6.07) is 26.7. The first-order chi connectivity index (χ1) is 19.8. The quantitative estimate of drug-likeness (QED) is 0.203. The van der Waals surface area contributed by atoms with Gasteiger partial charge in [-0.05, 0) is 83.0 Å². The van der Waals surface area contributed by atoms with Crippen molar-refractivity contribution in [2.24, 2.45) is 4.99 Å². The molecule has 3 N–H and O–H groups in total. The molecular weight excluding hydrogens is 559 g/mol. The van der Waals surface area contributed by atoms with Gasteiger partial charge < -0.3 is 15.5 Å². The Hall–Kier alpha value is -4.91. The number of halogens is 2. The van der Waals surface area contributed by atoms with Crippen LogP contribution in [0.4, 0.5) is 17.1 Å². The number of aromatic carboxylic acids is 2.